The van der Waals surface area contributed by atoms with E-state index in [0.717, 1.165) is 5.46 Å². The maximum atomic E-state index is 5.72. The van der Waals surface area contributed by atoms with E-state index >= 15 is 0 Å². The summed E-state index contributed by atoms with van der Waals surface area (Å²) in [6.07, 6.45) is 0. The maximum Gasteiger partial charge on any atom is 0.208 e. The second-order valence-electron chi connectivity index (χ2n) is 1.92. The number of rotatable bonds is 1. The molecule has 0 aliphatic rings. The molecule has 1 aromatic rings. The van der Waals surface area contributed by atoms with Crippen LogP contribution in [0.5, 0.6) is 0 Å². The van der Waals surface area contributed by atoms with E-state index in [1.165, 1.54) is 0 Å². The average molecular weight is 249 g/mol. The van der Waals surface area contributed by atoms with Crippen molar-refractivity contribution in [2.24, 2.45) is 0 Å². The highest BCUT2D eigenvalue weighted by Crippen LogP contribution is 2.09. The van der Waals surface area contributed by atoms with Gasteiger partial charge < -0.3 is 0 Å². The van der Waals surface area contributed by atoms with Crippen molar-refractivity contribution in [3.63, 3.8) is 0 Å². The summed E-state index contributed by atoms with van der Waals surface area (Å²) in [5.74, 6) is 0. The molecule has 1 rings (SSSR count). The highest BCUT2D eigenvalue weighted by Gasteiger charge is 2.09. The van der Waals surface area contributed by atoms with Crippen LogP contribution in [-0.2, 0) is 0 Å². The van der Waals surface area contributed by atoms with Gasteiger partial charge in [-0.2, -0.15) is 15.8 Å². The molecule has 1 heterocycles. The summed E-state index contributed by atoms with van der Waals surface area (Å²) in [6.45, 7) is 0. The van der Waals surface area contributed by atoms with E-state index < -0.39 is 0 Å². The first kappa shape index (κ1) is 9.43. The van der Waals surface area contributed by atoms with Gasteiger partial charge in [-0.3, -0.25) is 0 Å². The van der Waals surface area contributed by atoms with Crippen molar-refractivity contribution in [2.75, 3.05) is 0 Å². The van der Waals surface area contributed by atoms with Crippen molar-refractivity contribution in [3.8, 4) is 0 Å². The van der Waals surface area contributed by atoms with Gasteiger partial charge in [0.25, 0.3) is 0 Å². The Bertz CT molecular complexity index is 269. The summed E-state index contributed by atoms with van der Waals surface area (Å²) in [7, 11) is 5.51. The third-order valence-electron chi connectivity index (χ3n) is 1.14. The highest BCUT2D eigenvalue weighted by atomic mass is 79.9. The van der Waals surface area contributed by atoms with Crippen LogP contribution in [0.25, 0.3) is 0 Å². The smallest absolute Gasteiger partial charge is 0.208 e. The van der Waals surface area contributed by atoms with Gasteiger partial charge in [-0.25, -0.2) is 4.98 Å². The number of hydrogen-bond acceptors (Lipinski definition) is 1. The quantitative estimate of drug-likeness (QED) is 0.544. The molecule has 0 bridgehead atoms. The van der Waals surface area contributed by atoms with Gasteiger partial charge in [0, 0.05) is 7.74 Å². The van der Waals surface area contributed by atoms with Gasteiger partial charge in [0.15, 0.2) is 0 Å². The van der Waals surface area contributed by atoms with Crippen LogP contribution in [0.3, 0.4) is 0 Å². The fraction of sp³-hybridized carbons (Fsp3) is 0. The van der Waals surface area contributed by atoms with Crippen molar-refractivity contribution < 1.29 is 0 Å². The minimum absolute atomic E-state index is 0.292. The van der Waals surface area contributed by atoms with Gasteiger partial charge >= 0.3 is 0 Å². The molecule has 0 unspecified atom stereocenters. The Morgan fingerprint density at radius 2 is 2.09 bits per heavy atom. The molecule has 0 spiro atoms. The van der Waals surface area contributed by atoms with Crippen molar-refractivity contribution in [2.45, 2.75) is 0 Å². The monoisotopic (exact) mass is 247 g/mol. The molecule has 0 aliphatic carbocycles. The standard InChI is InChI=1S/C5H2B2BrCl2N/c6-7(8)3-1-2-4(9)11-5(3)10/h1-2H. The molecule has 0 amide bonds. The van der Waals surface area contributed by atoms with Gasteiger partial charge in [-0.15, -0.1) is 0 Å². The zero-order valence-corrected chi connectivity index (χ0v) is 8.49. The molecule has 54 valence electrons. The fourth-order valence-electron chi connectivity index (χ4n) is 0.629. The van der Waals surface area contributed by atoms with Gasteiger partial charge in [-0.1, -0.05) is 29.3 Å². The van der Waals surface area contributed by atoms with Gasteiger partial charge in [0.05, 0.1) is 0 Å². The molecule has 0 saturated heterocycles. The molecule has 6 heteroatoms. The van der Waals surface area contributed by atoms with Gasteiger partial charge in [-0.05, 0) is 11.5 Å². The molecular formula is C5H2B2BrCl2N. The summed E-state index contributed by atoms with van der Waals surface area (Å²) in [6, 6.07) is 3.38. The molecule has 1 aromatic heterocycles. The molecule has 0 saturated carbocycles. The van der Waals surface area contributed by atoms with Crippen LogP contribution in [0.15, 0.2) is 12.1 Å². The minimum Gasteiger partial charge on any atom is -0.225 e. The first-order valence-corrected chi connectivity index (χ1v) is 4.50. The Morgan fingerprint density at radius 1 is 1.45 bits per heavy atom. The third kappa shape index (κ3) is 2.39. The van der Waals surface area contributed by atoms with E-state index in [4.69, 9.17) is 30.9 Å². The van der Waals surface area contributed by atoms with Crippen LogP contribution in [0, 0.1) is 0 Å². The van der Waals surface area contributed by atoms with Crippen molar-refractivity contribution in [1.29, 1.82) is 0 Å². The molecule has 0 atom stereocenters. The average Bonchev–Trinajstić information content (AvgIpc) is 1.85. The Labute approximate surface area is 84.9 Å². The van der Waals surface area contributed by atoms with Crippen molar-refractivity contribution in [1.82, 2.24) is 4.98 Å². The Hall–Kier alpha value is 0.340. The number of nitrogens with zero attached hydrogens (tertiary/aromatic N) is 1. The van der Waals surface area contributed by atoms with E-state index in [2.05, 4.69) is 20.7 Å². The molecule has 0 aliphatic heterocycles. The van der Waals surface area contributed by atoms with E-state index in [0.29, 0.717) is 10.3 Å². The van der Waals surface area contributed by atoms with Crippen LogP contribution >= 0.6 is 39.0 Å². The Morgan fingerprint density at radius 3 is 2.55 bits per heavy atom. The summed E-state index contributed by atoms with van der Waals surface area (Å²) in [5.41, 5.74) is 0.441. The lowest BCUT2D eigenvalue weighted by atomic mass is 9.51. The number of aromatic nitrogens is 1. The predicted molar refractivity (Wildman–Crippen MR) is 54.3 cm³/mol. The zero-order chi connectivity index (χ0) is 8.43. The normalized spacial score (nSPS) is 9.73. The third-order valence-corrected chi connectivity index (χ3v) is 2.15. The van der Waals surface area contributed by atoms with Gasteiger partial charge in [0.2, 0.25) is 5.43 Å². The second kappa shape index (κ2) is 3.83. The van der Waals surface area contributed by atoms with Crippen LogP contribution in [0.4, 0.5) is 0 Å². The highest BCUT2D eigenvalue weighted by molar-refractivity contribution is 9.26. The summed E-state index contributed by atoms with van der Waals surface area (Å²) >= 11 is 14.5. The van der Waals surface area contributed by atoms with Gasteiger partial charge in [0.1, 0.15) is 10.3 Å². The Kier molecular flexibility index (Phi) is 3.29. The number of hydrogen-bond donors (Lipinski definition) is 0. The summed E-state index contributed by atoms with van der Waals surface area (Å²) in [5, 5.41) is 0.703. The van der Waals surface area contributed by atoms with E-state index in [1.54, 1.807) is 12.1 Å². The second-order valence-corrected chi connectivity index (χ2v) is 3.65. The van der Waals surface area contributed by atoms with Crippen LogP contribution in [0.2, 0.25) is 10.3 Å². The van der Waals surface area contributed by atoms with E-state index in [9.17, 15) is 0 Å². The molecule has 2 radical (unpaired) electrons. The fourth-order valence-corrected chi connectivity index (χ4v) is 1.59. The van der Waals surface area contributed by atoms with Crippen molar-refractivity contribution in [3.05, 3.63) is 22.4 Å². The van der Waals surface area contributed by atoms with E-state index in [1.807, 2.05) is 0 Å². The number of halogens is 3. The van der Waals surface area contributed by atoms with E-state index in [-0.39, 0.29) is 5.43 Å². The predicted octanol–water partition coefficient (Wildman–Crippen LogP) is 1.65. The molecular weight excluding hydrogens is 246 g/mol. The van der Waals surface area contributed by atoms with Crippen LogP contribution in [-0.4, -0.2) is 18.1 Å². The molecule has 0 N–H and O–H groups in total. The lowest BCUT2D eigenvalue weighted by molar-refractivity contribution is 1.35. The maximum absolute atomic E-state index is 5.72. The SMILES string of the molecule is [B]B(Br)c1ccc(Cl)nc1Cl. The topological polar surface area (TPSA) is 12.9 Å². The van der Waals surface area contributed by atoms with Crippen LogP contribution in [0.1, 0.15) is 0 Å². The summed E-state index contributed by atoms with van der Waals surface area (Å²) in [4.78, 5) is 3.82. The van der Waals surface area contributed by atoms with Crippen LogP contribution < -0.4 is 5.46 Å². The molecule has 0 aromatic carbocycles. The number of pyridine rings is 1. The largest absolute Gasteiger partial charge is 0.225 e. The first-order valence-electron chi connectivity index (χ1n) is 2.83. The molecule has 11 heavy (non-hydrogen) atoms. The Balaban J connectivity index is 3.09. The lowest BCUT2D eigenvalue weighted by Gasteiger charge is -2.02. The summed E-state index contributed by atoms with van der Waals surface area (Å²) < 4.78 is 0. The molecule has 1 nitrogen and oxygen atoms in total. The lowest BCUT2D eigenvalue weighted by Crippen LogP contribution is -2.25. The molecule has 0 fully saturated rings. The zero-order valence-electron chi connectivity index (χ0n) is 5.39. The minimum atomic E-state index is -0.292. The van der Waals surface area contributed by atoms with Crippen molar-refractivity contribution >= 4 is 57.6 Å². The first-order chi connectivity index (χ1) is 5.11.